The lowest BCUT2D eigenvalue weighted by Crippen LogP contribution is -2.58. The molecule has 3 N–H and O–H groups in total. The molecule has 1 aromatic rings. The first-order valence-corrected chi connectivity index (χ1v) is 13.1. The molecule has 0 aliphatic carbocycles. The Morgan fingerprint density at radius 1 is 1.18 bits per heavy atom. The summed E-state index contributed by atoms with van der Waals surface area (Å²) < 4.78 is 16.3. The molecule has 0 spiro atoms. The van der Waals surface area contributed by atoms with E-state index in [-0.39, 0.29) is 19.5 Å². The Kier molecular flexibility index (Phi) is 11.2. The normalized spacial score (nSPS) is 18.2. The number of aliphatic hydroxyl groups is 1. The van der Waals surface area contributed by atoms with Gasteiger partial charge in [-0.2, -0.15) is 0 Å². The van der Waals surface area contributed by atoms with Crippen LogP contribution in [-0.4, -0.2) is 78.6 Å². The van der Waals surface area contributed by atoms with E-state index >= 15 is 0 Å². The van der Waals surface area contributed by atoms with Crippen LogP contribution in [0.1, 0.15) is 65.5 Å². The number of ether oxygens (including phenoxy) is 3. The number of alkyl carbamates (subject to hydrolysis) is 1. The third-order valence-corrected chi connectivity index (χ3v) is 6.08. The smallest absolute Gasteiger partial charge is 0.408 e. The number of likely N-dealkylation sites (tertiary alicyclic amines) is 1. The van der Waals surface area contributed by atoms with Gasteiger partial charge in [-0.3, -0.25) is 9.59 Å². The Balaban J connectivity index is 2.16. The first-order valence-electron chi connectivity index (χ1n) is 13.1. The number of hydrogen-bond donors (Lipinski definition) is 3. The van der Waals surface area contributed by atoms with Gasteiger partial charge in [-0.1, -0.05) is 32.8 Å². The fraction of sp³-hybridized carbons (Fsp3) is 0.621. The van der Waals surface area contributed by atoms with Crippen LogP contribution in [0.25, 0.3) is 0 Å². The summed E-state index contributed by atoms with van der Waals surface area (Å²) in [6.07, 6.45) is 4.69. The number of benzene rings is 1. The minimum absolute atomic E-state index is 0.0236. The first kappa shape index (κ1) is 31.9. The second kappa shape index (κ2) is 13.7. The number of carbonyl (C=O) groups excluding carboxylic acids is 3. The standard InChI is InChI=1S/C29H43N3O7/c1-9-19-11-12-20(23(15-19)38-14-10-13-37-8)17-30-25(34)22-16-21(33)18-32(22)26(35)24(28(2,3)4)31-27(36)39-29(5,6)7/h1,11-12,15,21-22,24,33H,10,13-14,16-18H2,2-8H3,(H,30,34)(H,31,36)/t21-,22+,24?/m1/s1. The molecule has 0 radical (unpaired) electrons. The van der Waals surface area contributed by atoms with Gasteiger partial charge in [0.1, 0.15) is 23.4 Å². The molecule has 1 heterocycles. The van der Waals surface area contributed by atoms with Gasteiger partial charge in [-0.05, 0) is 38.3 Å². The van der Waals surface area contributed by atoms with Gasteiger partial charge in [0.15, 0.2) is 0 Å². The molecule has 216 valence electrons. The van der Waals surface area contributed by atoms with Crippen molar-refractivity contribution in [1.82, 2.24) is 15.5 Å². The topological polar surface area (TPSA) is 126 Å². The first-order chi connectivity index (χ1) is 18.2. The molecule has 0 saturated carbocycles. The van der Waals surface area contributed by atoms with E-state index in [4.69, 9.17) is 20.6 Å². The number of carbonyl (C=O) groups is 3. The van der Waals surface area contributed by atoms with Gasteiger partial charge < -0.3 is 34.9 Å². The zero-order valence-corrected chi connectivity index (χ0v) is 24.1. The lowest BCUT2D eigenvalue weighted by molar-refractivity contribution is -0.142. The van der Waals surface area contributed by atoms with Gasteiger partial charge in [0.25, 0.3) is 0 Å². The summed E-state index contributed by atoms with van der Waals surface area (Å²) in [5.74, 6) is 2.24. The Labute approximate surface area is 231 Å². The van der Waals surface area contributed by atoms with Gasteiger partial charge >= 0.3 is 6.09 Å². The monoisotopic (exact) mass is 545 g/mol. The molecule has 10 heteroatoms. The summed E-state index contributed by atoms with van der Waals surface area (Å²) in [5.41, 5.74) is -0.0632. The number of terminal acetylenes is 1. The number of amides is 3. The Morgan fingerprint density at radius 3 is 2.46 bits per heavy atom. The minimum Gasteiger partial charge on any atom is -0.493 e. The fourth-order valence-electron chi connectivity index (χ4n) is 4.16. The summed E-state index contributed by atoms with van der Waals surface area (Å²) in [7, 11) is 1.62. The van der Waals surface area contributed by atoms with E-state index in [2.05, 4.69) is 16.6 Å². The lowest BCUT2D eigenvalue weighted by atomic mass is 9.85. The van der Waals surface area contributed by atoms with Crippen LogP contribution < -0.4 is 15.4 Å². The zero-order chi connectivity index (χ0) is 29.4. The number of aliphatic hydroxyl groups excluding tert-OH is 1. The predicted octanol–water partition coefficient (Wildman–Crippen LogP) is 2.60. The zero-order valence-electron chi connectivity index (χ0n) is 24.1. The minimum atomic E-state index is -0.976. The molecular formula is C29H43N3O7. The third kappa shape index (κ3) is 9.75. The molecule has 3 amide bonds. The van der Waals surface area contributed by atoms with Crippen LogP contribution in [0.15, 0.2) is 18.2 Å². The van der Waals surface area contributed by atoms with Crippen molar-refractivity contribution in [3.8, 4) is 18.1 Å². The van der Waals surface area contributed by atoms with E-state index in [0.29, 0.717) is 30.9 Å². The van der Waals surface area contributed by atoms with Gasteiger partial charge in [-0.25, -0.2) is 4.79 Å². The molecule has 1 aliphatic heterocycles. The van der Waals surface area contributed by atoms with Crippen LogP contribution >= 0.6 is 0 Å². The maximum Gasteiger partial charge on any atom is 0.408 e. The maximum absolute atomic E-state index is 13.6. The van der Waals surface area contributed by atoms with Crippen molar-refractivity contribution in [2.75, 3.05) is 26.9 Å². The van der Waals surface area contributed by atoms with Crippen molar-refractivity contribution in [2.24, 2.45) is 5.41 Å². The summed E-state index contributed by atoms with van der Waals surface area (Å²) in [6, 6.07) is 3.40. The molecule has 39 heavy (non-hydrogen) atoms. The van der Waals surface area contributed by atoms with E-state index in [1.165, 1.54) is 4.90 Å². The number of nitrogens with one attached hydrogen (secondary N) is 2. The Morgan fingerprint density at radius 2 is 1.87 bits per heavy atom. The van der Waals surface area contributed by atoms with Crippen LogP contribution in [0.3, 0.4) is 0 Å². The summed E-state index contributed by atoms with van der Waals surface area (Å²) in [4.78, 5) is 40.7. The van der Waals surface area contributed by atoms with Crippen LogP contribution in [-0.2, 0) is 25.6 Å². The van der Waals surface area contributed by atoms with Crippen molar-refractivity contribution >= 4 is 17.9 Å². The van der Waals surface area contributed by atoms with E-state index in [9.17, 15) is 19.5 Å². The lowest BCUT2D eigenvalue weighted by Gasteiger charge is -2.35. The van der Waals surface area contributed by atoms with Crippen molar-refractivity contribution < 1.29 is 33.7 Å². The number of β-amino-alcohol motifs (C(OH)–C–C–N with tert-alkyl or cyclic N) is 1. The predicted molar refractivity (Wildman–Crippen MR) is 147 cm³/mol. The average Bonchev–Trinajstić information content (AvgIpc) is 3.23. The van der Waals surface area contributed by atoms with Crippen LogP contribution in [0, 0.1) is 17.8 Å². The quantitative estimate of drug-likeness (QED) is 0.305. The second-order valence-corrected chi connectivity index (χ2v) is 11.7. The highest BCUT2D eigenvalue weighted by atomic mass is 16.6. The molecule has 2 rings (SSSR count). The summed E-state index contributed by atoms with van der Waals surface area (Å²) in [6.45, 7) is 11.7. The number of nitrogens with zero attached hydrogens (tertiary/aromatic N) is 1. The average molecular weight is 546 g/mol. The largest absolute Gasteiger partial charge is 0.493 e. The molecule has 1 aromatic carbocycles. The van der Waals surface area contributed by atoms with Gasteiger partial charge in [-0.15, -0.1) is 6.42 Å². The summed E-state index contributed by atoms with van der Waals surface area (Å²) in [5, 5.41) is 15.9. The highest BCUT2D eigenvalue weighted by Gasteiger charge is 2.44. The van der Waals surface area contributed by atoms with E-state index in [0.717, 1.165) is 5.56 Å². The third-order valence-electron chi connectivity index (χ3n) is 6.08. The SMILES string of the molecule is C#Cc1ccc(CNC(=O)[C@@H]2C[C@@H](O)CN2C(=O)C(NC(=O)OC(C)(C)C)C(C)(C)C)c(OCCCOC)c1. The van der Waals surface area contributed by atoms with E-state index in [1.807, 2.05) is 20.8 Å². The molecule has 1 saturated heterocycles. The summed E-state index contributed by atoms with van der Waals surface area (Å²) >= 11 is 0. The van der Waals surface area contributed by atoms with Gasteiger partial charge in [0.05, 0.1) is 12.7 Å². The Bertz CT molecular complexity index is 1050. The molecule has 10 nitrogen and oxygen atoms in total. The Hall–Kier alpha value is -3.29. The number of rotatable bonds is 10. The maximum atomic E-state index is 13.6. The molecule has 1 aliphatic rings. The van der Waals surface area contributed by atoms with Gasteiger partial charge in [0.2, 0.25) is 11.8 Å². The van der Waals surface area contributed by atoms with Crippen molar-refractivity contribution in [2.45, 2.75) is 84.7 Å². The molecule has 0 aromatic heterocycles. The molecule has 1 unspecified atom stereocenters. The van der Waals surface area contributed by atoms with E-state index < -0.39 is 47.1 Å². The molecule has 0 bridgehead atoms. The number of hydrogen-bond acceptors (Lipinski definition) is 7. The molecule has 3 atom stereocenters. The van der Waals surface area contributed by atoms with Gasteiger partial charge in [0, 0.05) is 50.8 Å². The second-order valence-electron chi connectivity index (χ2n) is 11.7. The molecule has 1 fully saturated rings. The molecular weight excluding hydrogens is 502 g/mol. The fourth-order valence-corrected chi connectivity index (χ4v) is 4.16. The van der Waals surface area contributed by atoms with E-state index in [1.54, 1.807) is 46.1 Å². The van der Waals surface area contributed by atoms with Crippen LogP contribution in [0.5, 0.6) is 5.75 Å². The highest BCUT2D eigenvalue weighted by molar-refractivity contribution is 5.92. The van der Waals surface area contributed by atoms with Crippen LogP contribution in [0.2, 0.25) is 0 Å². The highest BCUT2D eigenvalue weighted by Crippen LogP contribution is 2.27. The van der Waals surface area contributed by atoms with Crippen molar-refractivity contribution in [3.63, 3.8) is 0 Å². The van der Waals surface area contributed by atoms with Crippen LogP contribution in [0.4, 0.5) is 4.79 Å². The number of methoxy groups -OCH3 is 1. The van der Waals surface area contributed by atoms with Crippen molar-refractivity contribution in [3.05, 3.63) is 29.3 Å². The van der Waals surface area contributed by atoms with Crippen molar-refractivity contribution in [1.29, 1.82) is 0 Å².